The quantitative estimate of drug-likeness (QED) is 0.183. The Morgan fingerprint density at radius 1 is 0.667 bits per heavy atom. The molecule has 1 unspecified atom stereocenters. The van der Waals surface area contributed by atoms with Crippen molar-refractivity contribution in [3.05, 3.63) is 138 Å². The summed E-state index contributed by atoms with van der Waals surface area (Å²) in [5.41, 5.74) is 2.06. The average molecular weight is 533 g/mol. The number of nitrogens with one attached hydrogen (secondary N) is 2. The van der Waals surface area contributed by atoms with E-state index in [4.69, 9.17) is 0 Å². The maximum atomic E-state index is 13.7. The van der Waals surface area contributed by atoms with Gasteiger partial charge in [0.15, 0.2) is 0 Å². The van der Waals surface area contributed by atoms with E-state index in [1.165, 1.54) is 23.9 Å². The van der Waals surface area contributed by atoms with Crippen molar-refractivity contribution in [2.24, 2.45) is 0 Å². The molecule has 3 N–H and O–H groups in total. The lowest BCUT2D eigenvalue weighted by Crippen LogP contribution is -2.19. The highest BCUT2D eigenvalue weighted by Crippen LogP contribution is 2.38. The fourth-order valence-electron chi connectivity index (χ4n) is 4.28. The maximum Gasteiger partial charge on any atom is 0.336 e. The Morgan fingerprint density at radius 3 is 2.13 bits per heavy atom. The van der Waals surface area contributed by atoms with Gasteiger partial charge in [0.25, 0.3) is 5.91 Å². The number of carbonyl (C=O) groups excluding carboxylic acids is 2. The van der Waals surface area contributed by atoms with Crippen LogP contribution in [0.25, 0.3) is 10.8 Å². The first-order valence-electron chi connectivity index (χ1n) is 12.2. The van der Waals surface area contributed by atoms with Crippen LogP contribution in [0, 0.1) is 0 Å². The average Bonchev–Trinajstić information content (AvgIpc) is 2.96. The zero-order valence-electron chi connectivity index (χ0n) is 20.7. The molecular weight excluding hydrogens is 508 g/mol. The summed E-state index contributed by atoms with van der Waals surface area (Å²) in [6, 6.07) is 36.4. The van der Waals surface area contributed by atoms with Crippen molar-refractivity contribution in [2.75, 3.05) is 10.6 Å². The Kier molecular flexibility index (Phi) is 7.70. The second kappa shape index (κ2) is 11.7. The topological polar surface area (TPSA) is 95.5 Å². The zero-order valence-corrected chi connectivity index (χ0v) is 21.5. The van der Waals surface area contributed by atoms with Crippen molar-refractivity contribution in [3.8, 4) is 0 Å². The molecule has 1 atom stereocenters. The number of hydrogen-bond donors (Lipinski definition) is 3. The smallest absolute Gasteiger partial charge is 0.336 e. The fraction of sp³-hybridized carbons (Fsp3) is 0.0312. The van der Waals surface area contributed by atoms with Gasteiger partial charge in [-0.15, -0.1) is 11.8 Å². The van der Waals surface area contributed by atoms with E-state index >= 15 is 0 Å². The molecule has 39 heavy (non-hydrogen) atoms. The number of carbonyl (C=O) groups is 3. The molecule has 0 aromatic heterocycles. The molecule has 0 fully saturated rings. The van der Waals surface area contributed by atoms with E-state index in [1.54, 1.807) is 30.3 Å². The third kappa shape index (κ3) is 6.00. The Morgan fingerprint density at radius 2 is 1.33 bits per heavy atom. The summed E-state index contributed by atoms with van der Waals surface area (Å²) in [6.45, 7) is 0. The summed E-state index contributed by atoms with van der Waals surface area (Å²) >= 11 is 1.36. The van der Waals surface area contributed by atoms with E-state index in [9.17, 15) is 19.5 Å². The van der Waals surface area contributed by atoms with Gasteiger partial charge in [-0.2, -0.15) is 0 Å². The predicted octanol–water partition coefficient (Wildman–Crippen LogP) is 7.26. The first-order chi connectivity index (χ1) is 19.0. The maximum absolute atomic E-state index is 13.7. The number of aromatic carboxylic acids is 1. The number of thioether (sulfide) groups is 1. The number of carboxylic acid groups (broad SMARTS) is 1. The van der Waals surface area contributed by atoms with Crippen LogP contribution in [-0.2, 0) is 4.79 Å². The Labute approximate surface area is 229 Å². The Hall–Kier alpha value is -4.88. The lowest BCUT2D eigenvalue weighted by atomic mass is 10.1. The predicted molar refractivity (Wildman–Crippen MR) is 155 cm³/mol. The van der Waals surface area contributed by atoms with Crippen LogP contribution in [0.2, 0.25) is 0 Å². The van der Waals surface area contributed by atoms with Gasteiger partial charge in [0.2, 0.25) is 5.91 Å². The number of benzene rings is 5. The minimum atomic E-state index is -1.17. The van der Waals surface area contributed by atoms with Gasteiger partial charge in [-0.1, -0.05) is 84.9 Å². The molecule has 0 aliphatic carbocycles. The van der Waals surface area contributed by atoms with E-state index in [0.717, 1.165) is 26.9 Å². The molecule has 5 aromatic rings. The lowest BCUT2D eigenvalue weighted by molar-refractivity contribution is -0.115. The molecule has 192 valence electrons. The van der Waals surface area contributed by atoms with E-state index < -0.39 is 17.1 Å². The number of rotatable bonds is 8. The van der Waals surface area contributed by atoms with Gasteiger partial charge < -0.3 is 15.7 Å². The molecule has 0 radical (unpaired) electrons. The van der Waals surface area contributed by atoms with E-state index in [1.807, 2.05) is 78.9 Å². The van der Waals surface area contributed by atoms with Crippen molar-refractivity contribution in [2.45, 2.75) is 10.1 Å². The van der Waals surface area contributed by atoms with E-state index in [-0.39, 0.29) is 17.0 Å². The van der Waals surface area contributed by atoms with Crippen molar-refractivity contribution < 1.29 is 19.5 Å². The Balaban J connectivity index is 1.40. The molecule has 0 saturated heterocycles. The number of anilines is 2. The molecule has 5 aromatic carbocycles. The number of carboxylic acids is 1. The molecular formula is C32H24N2O4S. The van der Waals surface area contributed by atoms with Crippen LogP contribution >= 0.6 is 11.8 Å². The van der Waals surface area contributed by atoms with Crippen molar-refractivity contribution in [3.63, 3.8) is 0 Å². The van der Waals surface area contributed by atoms with Crippen LogP contribution in [0.5, 0.6) is 0 Å². The molecule has 0 saturated carbocycles. The minimum Gasteiger partial charge on any atom is -0.478 e. The molecule has 0 bridgehead atoms. The van der Waals surface area contributed by atoms with E-state index in [0.29, 0.717) is 5.69 Å². The molecule has 2 amide bonds. The first-order valence-corrected chi connectivity index (χ1v) is 13.1. The van der Waals surface area contributed by atoms with Gasteiger partial charge in [-0.3, -0.25) is 9.59 Å². The van der Waals surface area contributed by atoms with Crippen LogP contribution in [0.1, 0.15) is 31.5 Å². The monoisotopic (exact) mass is 532 g/mol. The molecule has 0 aliphatic heterocycles. The zero-order chi connectivity index (χ0) is 27.2. The second-order valence-electron chi connectivity index (χ2n) is 8.76. The summed E-state index contributed by atoms with van der Waals surface area (Å²) in [6.07, 6.45) is 0. The SMILES string of the molecule is O=C(O)c1ccccc1C(=O)Nc1cccc(SC(C(=O)Nc2cccc3ccccc23)c2ccccc2)c1. The Bertz CT molecular complexity index is 1660. The van der Waals surface area contributed by atoms with Crippen LogP contribution < -0.4 is 10.6 Å². The molecule has 6 nitrogen and oxygen atoms in total. The largest absolute Gasteiger partial charge is 0.478 e. The lowest BCUT2D eigenvalue weighted by Gasteiger charge is -2.18. The summed E-state index contributed by atoms with van der Waals surface area (Å²) in [4.78, 5) is 38.8. The fourth-order valence-corrected chi connectivity index (χ4v) is 5.37. The van der Waals surface area contributed by atoms with Crippen LogP contribution in [0.15, 0.2) is 126 Å². The normalized spacial score (nSPS) is 11.5. The number of hydrogen-bond acceptors (Lipinski definition) is 4. The van der Waals surface area contributed by atoms with Crippen molar-refractivity contribution in [1.82, 2.24) is 0 Å². The first kappa shape index (κ1) is 25.8. The standard InChI is InChI=1S/C32H24N2O4S/c35-30(26-17-6-7-18-27(26)32(37)38)33-23-14-9-15-24(20-23)39-29(22-11-2-1-3-12-22)31(36)34-28-19-8-13-21-10-4-5-16-25(21)28/h1-20,29H,(H,33,35)(H,34,36)(H,37,38). The summed E-state index contributed by atoms with van der Waals surface area (Å²) < 4.78 is 0. The highest BCUT2D eigenvalue weighted by molar-refractivity contribution is 8.00. The summed E-state index contributed by atoms with van der Waals surface area (Å²) in [5, 5.41) is 16.7. The summed E-state index contributed by atoms with van der Waals surface area (Å²) in [5.74, 6) is -1.87. The number of amides is 2. The van der Waals surface area contributed by atoms with Crippen LogP contribution in [0.3, 0.4) is 0 Å². The van der Waals surface area contributed by atoms with Gasteiger partial charge in [0.1, 0.15) is 5.25 Å². The van der Waals surface area contributed by atoms with Gasteiger partial charge in [-0.25, -0.2) is 4.79 Å². The number of fused-ring (bicyclic) bond motifs is 1. The third-order valence-corrected chi connectivity index (χ3v) is 7.38. The van der Waals surface area contributed by atoms with Gasteiger partial charge in [0, 0.05) is 21.7 Å². The molecule has 0 heterocycles. The van der Waals surface area contributed by atoms with Gasteiger partial charge in [-0.05, 0) is 47.3 Å². The molecule has 7 heteroatoms. The highest BCUT2D eigenvalue weighted by atomic mass is 32.2. The minimum absolute atomic E-state index is 0.0692. The van der Waals surface area contributed by atoms with Crippen LogP contribution in [-0.4, -0.2) is 22.9 Å². The second-order valence-corrected chi connectivity index (χ2v) is 9.94. The molecule has 0 spiro atoms. The van der Waals surface area contributed by atoms with Crippen molar-refractivity contribution in [1.29, 1.82) is 0 Å². The molecule has 0 aliphatic rings. The van der Waals surface area contributed by atoms with Gasteiger partial charge in [0.05, 0.1) is 11.1 Å². The van der Waals surface area contributed by atoms with Gasteiger partial charge >= 0.3 is 5.97 Å². The van der Waals surface area contributed by atoms with Crippen LogP contribution in [0.4, 0.5) is 11.4 Å². The highest BCUT2D eigenvalue weighted by Gasteiger charge is 2.23. The van der Waals surface area contributed by atoms with Crippen molar-refractivity contribution >= 4 is 51.7 Å². The summed E-state index contributed by atoms with van der Waals surface area (Å²) in [7, 11) is 0. The third-order valence-electron chi connectivity index (χ3n) is 6.14. The van der Waals surface area contributed by atoms with E-state index in [2.05, 4.69) is 10.6 Å². The molecule has 5 rings (SSSR count).